The van der Waals surface area contributed by atoms with Crippen LogP contribution >= 0.6 is 22.6 Å². The second-order valence-corrected chi connectivity index (χ2v) is 6.37. The smallest absolute Gasteiger partial charge is 0.0142 e. The summed E-state index contributed by atoms with van der Waals surface area (Å²) in [6, 6.07) is 9.47. The van der Waals surface area contributed by atoms with E-state index in [1.807, 2.05) is 0 Å². The van der Waals surface area contributed by atoms with Gasteiger partial charge in [0.1, 0.15) is 0 Å². The Morgan fingerprint density at radius 3 is 2.56 bits per heavy atom. The first-order valence-electron chi connectivity index (χ1n) is 6.87. The van der Waals surface area contributed by atoms with Gasteiger partial charge in [-0.3, -0.25) is 0 Å². The standard InChI is InChI=1S/C16H22IN/c1-18-16(11-13-5-3-2-4-6-13)12-14-7-9-15(17)10-8-14/h5,7-10,16,18H,2-4,6,11-12H2,1H3. The molecule has 1 N–H and O–H groups in total. The summed E-state index contributed by atoms with van der Waals surface area (Å²) in [7, 11) is 2.08. The molecule has 18 heavy (non-hydrogen) atoms. The average molecular weight is 355 g/mol. The van der Waals surface area contributed by atoms with Crippen LogP contribution in [0, 0.1) is 3.57 Å². The van der Waals surface area contributed by atoms with Gasteiger partial charge in [-0.05, 0) is 85.9 Å². The lowest BCUT2D eigenvalue weighted by molar-refractivity contribution is 0.532. The molecular formula is C16H22IN. The van der Waals surface area contributed by atoms with E-state index in [-0.39, 0.29) is 0 Å². The van der Waals surface area contributed by atoms with Crippen molar-refractivity contribution in [2.45, 2.75) is 44.6 Å². The highest BCUT2D eigenvalue weighted by atomic mass is 127. The van der Waals surface area contributed by atoms with Gasteiger partial charge in [0.25, 0.3) is 0 Å². The third-order valence-electron chi connectivity index (χ3n) is 3.70. The highest BCUT2D eigenvalue weighted by Gasteiger charge is 2.11. The van der Waals surface area contributed by atoms with Crippen LogP contribution in [0.3, 0.4) is 0 Å². The molecule has 0 heterocycles. The first-order chi connectivity index (χ1) is 8.78. The number of halogens is 1. The van der Waals surface area contributed by atoms with Crippen molar-refractivity contribution in [3.05, 3.63) is 45.0 Å². The molecule has 1 aliphatic carbocycles. The van der Waals surface area contributed by atoms with Gasteiger partial charge in [-0.15, -0.1) is 0 Å². The van der Waals surface area contributed by atoms with Gasteiger partial charge in [0, 0.05) is 9.61 Å². The Bertz CT molecular complexity index is 394. The fourth-order valence-electron chi connectivity index (χ4n) is 2.59. The minimum absolute atomic E-state index is 0.578. The maximum Gasteiger partial charge on any atom is 0.0142 e. The highest BCUT2D eigenvalue weighted by molar-refractivity contribution is 14.1. The van der Waals surface area contributed by atoms with Gasteiger partial charge in [0.05, 0.1) is 0 Å². The van der Waals surface area contributed by atoms with Gasteiger partial charge in [0.15, 0.2) is 0 Å². The Morgan fingerprint density at radius 1 is 1.17 bits per heavy atom. The molecule has 0 fully saturated rings. The molecule has 1 nitrogen and oxygen atoms in total. The van der Waals surface area contributed by atoms with Crippen LogP contribution in [0.5, 0.6) is 0 Å². The maximum atomic E-state index is 3.47. The molecule has 1 aliphatic rings. The Morgan fingerprint density at radius 2 is 1.94 bits per heavy atom. The van der Waals surface area contributed by atoms with Crippen LogP contribution in [0.4, 0.5) is 0 Å². The van der Waals surface area contributed by atoms with E-state index < -0.39 is 0 Å². The summed E-state index contributed by atoms with van der Waals surface area (Å²) in [5.41, 5.74) is 3.09. The molecule has 1 aromatic rings. The normalized spacial score (nSPS) is 17.3. The van der Waals surface area contributed by atoms with Crippen molar-refractivity contribution < 1.29 is 0 Å². The quantitative estimate of drug-likeness (QED) is 0.613. The number of benzene rings is 1. The van der Waals surface area contributed by atoms with E-state index >= 15 is 0 Å². The maximum absolute atomic E-state index is 3.47. The van der Waals surface area contributed by atoms with E-state index in [1.54, 1.807) is 5.57 Å². The Hall–Kier alpha value is -0.350. The van der Waals surface area contributed by atoms with Gasteiger partial charge in [-0.2, -0.15) is 0 Å². The Kier molecular flexibility index (Phi) is 5.70. The van der Waals surface area contributed by atoms with Crippen LogP contribution in [0.1, 0.15) is 37.7 Å². The molecule has 0 aromatic heterocycles. The summed E-state index contributed by atoms with van der Waals surface area (Å²) in [5, 5.41) is 3.47. The molecule has 0 spiro atoms. The average Bonchev–Trinajstić information content (AvgIpc) is 2.41. The highest BCUT2D eigenvalue weighted by Crippen LogP contribution is 2.22. The van der Waals surface area contributed by atoms with Crippen molar-refractivity contribution in [3.63, 3.8) is 0 Å². The predicted octanol–water partition coefficient (Wildman–Crippen LogP) is 4.31. The van der Waals surface area contributed by atoms with Crippen molar-refractivity contribution >= 4 is 22.6 Å². The lowest BCUT2D eigenvalue weighted by atomic mass is 9.92. The van der Waals surface area contributed by atoms with Gasteiger partial charge >= 0.3 is 0 Å². The van der Waals surface area contributed by atoms with Crippen molar-refractivity contribution in [2.75, 3.05) is 7.05 Å². The minimum atomic E-state index is 0.578. The van der Waals surface area contributed by atoms with E-state index in [9.17, 15) is 0 Å². The third kappa shape index (κ3) is 4.39. The zero-order valence-corrected chi connectivity index (χ0v) is 13.2. The van der Waals surface area contributed by atoms with Crippen LogP contribution in [0.2, 0.25) is 0 Å². The molecular weight excluding hydrogens is 333 g/mol. The largest absolute Gasteiger partial charge is 0.316 e. The van der Waals surface area contributed by atoms with Gasteiger partial charge < -0.3 is 5.32 Å². The van der Waals surface area contributed by atoms with Crippen LogP contribution < -0.4 is 5.32 Å². The van der Waals surface area contributed by atoms with Crippen molar-refractivity contribution in [1.29, 1.82) is 0 Å². The Balaban J connectivity index is 1.92. The zero-order valence-electron chi connectivity index (χ0n) is 11.1. The molecule has 98 valence electrons. The molecule has 0 saturated carbocycles. The summed E-state index contributed by atoms with van der Waals surface area (Å²) in [6.45, 7) is 0. The van der Waals surface area contributed by atoms with Gasteiger partial charge in [-0.1, -0.05) is 23.8 Å². The first kappa shape index (κ1) is 14.1. The van der Waals surface area contributed by atoms with Crippen molar-refractivity contribution in [2.24, 2.45) is 0 Å². The molecule has 0 aliphatic heterocycles. The number of rotatable bonds is 5. The molecule has 0 bridgehead atoms. The number of hydrogen-bond donors (Lipinski definition) is 1. The summed E-state index contributed by atoms with van der Waals surface area (Å²) in [5.74, 6) is 0. The zero-order chi connectivity index (χ0) is 12.8. The van der Waals surface area contributed by atoms with E-state index in [0.717, 1.165) is 6.42 Å². The molecule has 0 radical (unpaired) electrons. The van der Waals surface area contributed by atoms with Crippen LogP contribution in [-0.4, -0.2) is 13.1 Å². The number of likely N-dealkylation sites (N-methyl/N-ethyl adjacent to an activating group) is 1. The third-order valence-corrected chi connectivity index (χ3v) is 4.42. The molecule has 1 atom stereocenters. The summed E-state index contributed by atoms with van der Waals surface area (Å²) >= 11 is 2.36. The SMILES string of the molecule is CNC(CC1=CCCCC1)Cc1ccc(I)cc1. The second kappa shape index (κ2) is 7.29. The van der Waals surface area contributed by atoms with Crippen LogP contribution in [0.15, 0.2) is 35.9 Å². The lowest BCUT2D eigenvalue weighted by Gasteiger charge is -2.20. The van der Waals surface area contributed by atoms with Crippen molar-refractivity contribution in [1.82, 2.24) is 5.32 Å². The summed E-state index contributed by atoms with van der Waals surface area (Å²) in [4.78, 5) is 0. The van der Waals surface area contributed by atoms with Gasteiger partial charge in [-0.25, -0.2) is 0 Å². The van der Waals surface area contributed by atoms with E-state index in [0.29, 0.717) is 6.04 Å². The van der Waals surface area contributed by atoms with E-state index in [2.05, 4.69) is 65.3 Å². The number of allylic oxidation sites excluding steroid dienone is 1. The molecule has 0 amide bonds. The summed E-state index contributed by atoms with van der Waals surface area (Å²) < 4.78 is 1.31. The molecule has 2 heteroatoms. The fraction of sp³-hybridized carbons (Fsp3) is 0.500. The molecule has 1 aromatic carbocycles. The number of nitrogens with one attached hydrogen (secondary N) is 1. The topological polar surface area (TPSA) is 12.0 Å². The lowest BCUT2D eigenvalue weighted by Crippen LogP contribution is -2.28. The summed E-state index contributed by atoms with van der Waals surface area (Å²) in [6.07, 6.45) is 10.2. The second-order valence-electron chi connectivity index (χ2n) is 5.13. The Labute approximate surface area is 124 Å². The fourth-order valence-corrected chi connectivity index (χ4v) is 2.95. The molecule has 2 rings (SSSR count). The van der Waals surface area contributed by atoms with Crippen molar-refractivity contribution in [3.8, 4) is 0 Å². The van der Waals surface area contributed by atoms with E-state index in [1.165, 1.54) is 41.2 Å². The van der Waals surface area contributed by atoms with E-state index in [4.69, 9.17) is 0 Å². The minimum Gasteiger partial charge on any atom is -0.316 e. The van der Waals surface area contributed by atoms with Crippen LogP contribution in [-0.2, 0) is 6.42 Å². The number of hydrogen-bond acceptors (Lipinski definition) is 1. The molecule has 1 unspecified atom stereocenters. The molecule has 0 saturated heterocycles. The predicted molar refractivity (Wildman–Crippen MR) is 86.9 cm³/mol. The van der Waals surface area contributed by atoms with Crippen LogP contribution in [0.25, 0.3) is 0 Å². The monoisotopic (exact) mass is 355 g/mol. The first-order valence-corrected chi connectivity index (χ1v) is 7.95. The van der Waals surface area contributed by atoms with Gasteiger partial charge in [0.2, 0.25) is 0 Å².